The summed E-state index contributed by atoms with van der Waals surface area (Å²) in [5, 5.41) is 2.83. The van der Waals surface area contributed by atoms with Crippen molar-refractivity contribution < 1.29 is 14.4 Å². The van der Waals surface area contributed by atoms with E-state index in [1.54, 1.807) is 0 Å². The standard InChI is InChI=1S/C19H27N3O3/c1-11-4-3-5-12(2)22(11)19(25)20-10-21-17(23)15-13-6-7-14(9-8-13)16(15)18(21)24/h6-7,11-16H,3-5,8-10H2,1-2H3,(H,20,25)/t11-,12+,13-,14-,15+,16+/m0/s1. The fourth-order valence-corrected chi connectivity index (χ4v) is 5.35. The molecule has 2 aliphatic heterocycles. The Morgan fingerprint density at radius 2 is 1.52 bits per heavy atom. The third-order valence-corrected chi connectivity index (χ3v) is 6.67. The molecule has 1 N–H and O–H groups in total. The average molecular weight is 345 g/mol. The van der Waals surface area contributed by atoms with Gasteiger partial charge >= 0.3 is 6.03 Å². The Morgan fingerprint density at radius 3 is 2.00 bits per heavy atom. The minimum absolute atomic E-state index is 0.00111. The molecule has 0 aromatic heterocycles. The number of nitrogens with zero attached hydrogens (tertiary/aromatic N) is 2. The van der Waals surface area contributed by atoms with Crippen LogP contribution in [0, 0.1) is 23.7 Å². The first-order valence-electron chi connectivity index (χ1n) is 9.58. The van der Waals surface area contributed by atoms with Crippen LogP contribution in [0.1, 0.15) is 46.0 Å². The molecule has 2 bridgehead atoms. The molecule has 25 heavy (non-hydrogen) atoms. The van der Waals surface area contributed by atoms with Gasteiger partial charge in [0.2, 0.25) is 11.8 Å². The lowest BCUT2D eigenvalue weighted by atomic mass is 9.63. The molecule has 5 aliphatic rings. The number of nitrogens with one attached hydrogen (secondary N) is 1. The maximum absolute atomic E-state index is 12.8. The summed E-state index contributed by atoms with van der Waals surface area (Å²) in [6.45, 7) is 4.11. The molecular formula is C19H27N3O3. The van der Waals surface area contributed by atoms with E-state index < -0.39 is 0 Å². The van der Waals surface area contributed by atoms with Crippen molar-refractivity contribution in [3.8, 4) is 0 Å². The highest BCUT2D eigenvalue weighted by molar-refractivity contribution is 6.06. The summed E-state index contributed by atoms with van der Waals surface area (Å²) < 4.78 is 0. The van der Waals surface area contributed by atoms with E-state index in [9.17, 15) is 14.4 Å². The highest BCUT2D eigenvalue weighted by Gasteiger charge is 2.56. The van der Waals surface area contributed by atoms with E-state index in [1.165, 1.54) is 4.90 Å². The minimum Gasteiger partial charge on any atom is -0.320 e. The molecule has 6 atom stereocenters. The summed E-state index contributed by atoms with van der Waals surface area (Å²) in [5.74, 6) is -0.242. The van der Waals surface area contributed by atoms with Crippen LogP contribution in [0.2, 0.25) is 0 Å². The third kappa shape index (κ3) is 2.57. The molecule has 0 aromatic carbocycles. The summed E-state index contributed by atoms with van der Waals surface area (Å²) in [6.07, 6.45) is 9.33. The van der Waals surface area contributed by atoms with Crippen LogP contribution >= 0.6 is 0 Å². The van der Waals surface area contributed by atoms with E-state index in [0.29, 0.717) is 0 Å². The second kappa shape index (κ2) is 6.15. The van der Waals surface area contributed by atoms with E-state index in [0.717, 1.165) is 32.1 Å². The fraction of sp³-hybridized carbons (Fsp3) is 0.737. The zero-order valence-electron chi connectivity index (χ0n) is 15.0. The lowest BCUT2D eigenvalue weighted by Gasteiger charge is -2.39. The van der Waals surface area contributed by atoms with Gasteiger partial charge in [0.25, 0.3) is 0 Å². The third-order valence-electron chi connectivity index (χ3n) is 6.67. The van der Waals surface area contributed by atoms with Crippen molar-refractivity contribution in [3.05, 3.63) is 12.2 Å². The van der Waals surface area contributed by atoms with Crippen molar-refractivity contribution in [1.29, 1.82) is 0 Å². The SMILES string of the molecule is C[C@@H]1CCC[C@H](C)N1C(=O)NCN1C(=O)[C@H]2[C@H](C1=O)[C@H]1C=C[C@H]2CC1. The fourth-order valence-electron chi connectivity index (χ4n) is 5.35. The van der Waals surface area contributed by atoms with Crippen LogP contribution in [0.3, 0.4) is 0 Å². The van der Waals surface area contributed by atoms with Crippen LogP contribution in [-0.4, -0.2) is 46.4 Å². The normalized spacial score (nSPS) is 39.8. The number of amides is 4. The summed E-state index contributed by atoms with van der Waals surface area (Å²) in [4.78, 5) is 41.3. The topological polar surface area (TPSA) is 69.7 Å². The zero-order chi connectivity index (χ0) is 17.7. The van der Waals surface area contributed by atoms with Crippen molar-refractivity contribution in [2.75, 3.05) is 6.67 Å². The van der Waals surface area contributed by atoms with Gasteiger partial charge in [-0.05, 0) is 57.8 Å². The predicted octanol–water partition coefficient (Wildman–Crippen LogP) is 2.11. The maximum atomic E-state index is 12.8. The van der Waals surface area contributed by atoms with E-state index >= 15 is 0 Å². The van der Waals surface area contributed by atoms with Gasteiger partial charge in [-0.2, -0.15) is 0 Å². The number of hydrogen-bond donors (Lipinski definition) is 1. The van der Waals surface area contributed by atoms with Crippen LogP contribution in [0.25, 0.3) is 0 Å². The molecular weight excluding hydrogens is 318 g/mol. The minimum atomic E-state index is -0.207. The molecule has 6 nitrogen and oxygen atoms in total. The first kappa shape index (κ1) is 16.6. The second-order valence-corrected chi connectivity index (χ2v) is 8.12. The van der Waals surface area contributed by atoms with E-state index in [4.69, 9.17) is 0 Å². The molecule has 0 spiro atoms. The summed E-state index contributed by atoms with van der Waals surface area (Å²) in [5.41, 5.74) is 0. The Labute approximate surface area is 148 Å². The molecule has 0 unspecified atom stereocenters. The molecule has 3 fully saturated rings. The van der Waals surface area contributed by atoms with Gasteiger partial charge in [-0.25, -0.2) is 4.79 Å². The smallest absolute Gasteiger partial charge is 0.319 e. The summed E-state index contributed by atoms with van der Waals surface area (Å²) in [7, 11) is 0. The number of likely N-dealkylation sites (tertiary alicyclic amines) is 2. The highest BCUT2D eigenvalue weighted by atomic mass is 16.2. The van der Waals surface area contributed by atoms with E-state index in [-0.39, 0.29) is 60.3 Å². The molecule has 2 heterocycles. The lowest BCUT2D eigenvalue weighted by molar-refractivity contribution is -0.140. The van der Waals surface area contributed by atoms with Crippen LogP contribution in [0.5, 0.6) is 0 Å². The summed E-state index contributed by atoms with van der Waals surface area (Å²) in [6, 6.07) is 0.212. The number of hydrogen-bond acceptors (Lipinski definition) is 3. The van der Waals surface area contributed by atoms with Gasteiger partial charge < -0.3 is 10.2 Å². The molecule has 3 aliphatic carbocycles. The van der Waals surface area contributed by atoms with Crippen LogP contribution in [0.4, 0.5) is 4.79 Å². The molecule has 136 valence electrons. The van der Waals surface area contributed by atoms with Crippen molar-refractivity contribution >= 4 is 17.8 Å². The molecule has 6 heteroatoms. The highest BCUT2D eigenvalue weighted by Crippen LogP contribution is 2.49. The van der Waals surface area contributed by atoms with Gasteiger partial charge in [0, 0.05) is 12.1 Å². The van der Waals surface area contributed by atoms with Gasteiger partial charge in [0.1, 0.15) is 6.67 Å². The Hall–Kier alpha value is -1.85. The molecule has 0 radical (unpaired) electrons. The number of allylic oxidation sites excluding steroid dienone is 2. The number of rotatable bonds is 2. The Morgan fingerprint density at radius 1 is 1.00 bits per heavy atom. The number of carbonyl (C=O) groups excluding carboxylic acids is 3. The number of imide groups is 1. The molecule has 0 aromatic rings. The Bertz CT molecular complexity index is 589. The molecule has 1 saturated carbocycles. The van der Waals surface area contributed by atoms with Gasteiger partial charge in [-0.1, -0.05) is 12.2 Å². The van der Waals surface area contributed by atoms with Crippen LogP contribution < -0.4 is 5.32 Å². The molecule has 2 saturated heterocycles. The van der Waals surface area contributed by atoms with Gasteiger partial charge in [0.15, 0.2) is 0 Å². The van der Waals surface area contributed by atoms with Gasteiger partial charge in [0.05, 0.1) is 11.8 Å². The number of piperidine rings is 1. The predicted molar refractivity (Wildman–Crippen MR) is 92.2 cm³/mol. The van der Waals surface area contributed by atoms with Crippen LogP contribution in [0.15, 0.2) is 12.2 Å². The van der Waals surface area contributed by atoms with Crippen molar-refractivity contribution in [2.24, 2.45) is 23.7 Å². The first-order valence-corrected chi connectivity index (χ1v) is 9.58. The van der Waals surface area contributed by atoms with E-state index in [2.05, 4.69) is 31.3 Å². The quantitative estimate of drug-likeness (QED) is 0.616. The van der Waals surface area contributed by atoms with Gasteiger partial charge in [-0.3, -0.25) is 14.5 Å². The monoisotopic (exact) mass is 345 g/mol. The Balaban J connectivity index is 1.43. The molecule has 5 rings (SSSR count). The van der Waals surface area contributed by atoms with Crippen LogP contribution in [-0.2, 0) is 9.59 Å². The number of urea groups is 1. The average Bonchev–Trinajstić information content (AvgIpc) is 2.87. The number of carbonyl (C=O) groups is 3. The molecule has 4 amide bonds. The van der Waals surface area contributed by atoms with Crippen molar-refractivity contribution in [3.63, 3.8) is 0 Å². The number of fused-ring (bicyclic) bond motifs is 1. The van der Waals surface area contributed by atoms with Crippen molar-refractivity contribution in [1.82, 2.24) is 15.1 Å². The Kier molecular flexibility index (Phi) is 4.08. The second-order valence-electron chi connectivity index (χ2n) is 8.12. The largest absolute Gasteiger partial charge is 0.320 e. The van der Waals surface area contributed by atoms with E-state index in [1.807, 2.05) is 4.90 Å². The van der Waals surface area contributed by atoms with Crippen molar-refractivity contribution in [2.45, 2.75) is 58.0 Å². The van der Waals surface area contributed by atoms with Gasteiger partial charge in [-0.15, -0.1) is 0 Å². The first-order chi connectivity index (χ1) is 12.0. The maximum Gasteiger partial charge on any atom is 0.319 e. The lowest BCUT2D eigenvalue weighted by Crippen LogP contribution is -2.54. The zero-order valence-corrected chi connectivity index (χ0v) is 15.0. The summed E-state index contributed by atoms with van der Waals surface area (Å²) >= 11 is 0.